The van der Waals surface area contributed by atoms with Crippen LogP contribution in [0.5, 0.6) is 0 Å². The minimum absolute atomic E-state index is 0.136. The molecule has 0 unspecified atom stereocenters. The summed E-state index contributed by atoms with van der Waals surface area (Å²) in [4.78, 5) is 11.4. The van der Waals surface area contributed by atoms with Crippen molar-refractivity contribution in [3.05, 3.63) is 16.9 Å². The lowest BCUT2D eigenvalue weighted by atomic mass is 10.2. The quantitative estimate of drug-likeness (QED) is 0.729. The Labute approximate surface area is 87.8 Å². The van der Waals surface area contributed by atoms with Gasteiger partial charge in [-0.15, -0.1) is 0 Å². The fourth-order valence-corrected chi connectivity index (χ4v) is 1.34. The number of nitrogens with zero attached hydrogens (tertiary/aromatic N) is 2. The van der Waals surface area contributed by atoms with Crippen LogP contribution in [0.1, 0.15) is 36.8 Å². The summed E-state index contributed by atoms with van der Waals surface area (Å²) in [6, 6.07) is 0.136. The Morgan fingerprint density at radius 1 is 1.79 bits per heavy atom. The van der Waals surface area contributed by atoms with Gasteiger partial charge in [-0.3, -0.25) is 4.68 Å². The Bertz CT molecular complexity index is 336. The molecule has 0 saturated carbocycles. The molecule has 0 saturated heterocycles. The van der Waals surface area contributed by atoms with Gasteiger partial charge in [0.2, 0.25) is 0 Å². The smallest absolute Gasteiger partial charge is 0.357 e. The normalized spacial score (nSPS) is 12.6. The summed E-state index contributed by atoms with van der Waals surface area (Å²) < 4.78 is 6.22. The highest BCUT2D eigenvalue weighted by atomic mass is 35.5. The Morgan fingerprint density at radius 3 is 2.93 bits per heavy atom. The van der Waals surface area contributed by atoms with E-state index in [0.29, 0.717) is 10.7 Å². The molecule has 0 spiro atoms. The molecule has 1 heterocycles. The summed E-state index contributed by atoms with van der Waals surface area (Å²) in [5, 5.41) is 4.37. The zero-order valence-corrected chi connectivity index (χ0v) is 9.21. The Hall–Kier alpha value is -1.03. The number of methoxy groups -OCH3 is 1. The third-order valence-electron chi connectivity index (χ3n) is 2.14. The topological polar surface area (TPSA) is 44.1 Å². The summed E-state index contributed by atoms with van der Waals surface area (Å²) in [5.74, 6) is -0.451. The summed E-state index contributed by atoms with van der Waals surface area (Å²) in [5.41, 5.74) is 0.323. The van der Waals surface area contributed by atoms with Gasteiger partial charge in [0, 0.05) is 6.04 Å². The predicted molar refractivity (Wildman–Crippen MR) is 53.6 cm³/mol. The highest BCUT2D eigenvalue weighted by Crippen LogP contribution is 2.21. The Kier molecular flexibility index (Phi) is 3.52. The largest absolute Gasteiger partial charge is 0.464 e. The molecule has 0 fully saturated rings. The van der Waals surface area contributed by atoms with Gasteiger partial charge >= 0.3 is 5.97 Å². The number of aromatic nitrogens is 2. The second-order valence-electron chi connectivity index (χ2n) is 3.03. The monoisotopic (exact) mass is 216 g/mol. The molecule has 14 heavy (non-hydrogen) atoms. The minimum Gasteiger partial charge on any atom is -0.464 e. The van der Waals surface area contributed by atoms with Crippen molar-refractivity contribution in [1.29, 1.82) is 0 Å². The highest BCUT2D eigenvalue weighted by Gasteiger charge is 2.20. The first-order valence-corrected chi connectivity index (χ1v) is 4.80. The number of rotatable bonds is 3. The van der Waals surface area contributed by atoms with Crippen LogP contribution in [0.2, 0.25) is 5.02 Å². The summed E-state index contributed by atoms with van der Waals surface area (Å²) in [7, 11) is 1.33. The van der Waals surface area contributed by atoms with Gasteiger partial charge in [-0.2, -0.15) is 5.10 Å². The first kappa shape index (κ1) is 11.0. The molecule has 0 radical (unpaired) electrons. The summed E-state index contributed by atoms with van der Waals surface area (Å²) >= 11 is 5.84. The van der Waals surface area contributed by atoms with Gasteiger partial charge in [0.25, 0.3) is 0 Å². The third-order valence-corrected chi connectivity index (χ3v) is 2.41. The minimum atomic E-state index is -0.451. The van der Waals surface area contributed by atoms with Crippen molar-refractivity contribution in [2.24, 2.45) is 0 Å². The van der Waals surface area contributed by atoms with Crippen LogP contribution >= 0.6 is 11.6 Å². The molecule has 0 bridgehead atoms. The van der Waals surface area contributed by atoms with Crippen molar-refractivity contribution in [3.8, 4) is 0 Å². The van der Waals surface area contributed by atoms with Gasteiger partial charge in [0.15, 0.2) is 5.69 Å². The van der Waals surface area contributed by atoms with Gasteiger partial charge in [-0.25, -0.2) is 4.79 Å². The van der Waals surface area contributed by atoms with Crippen molar-refractivity contribution in [3.63, 3.8) is 0 Å². The summed E-state index contributed by atoms with van der Waals surface area (Å²) in [6.45, 7) is 3.98. The van der Waals surface area contributed by atoms with Gasteiger partial charge in [0.1, 0.15) is 0 Å². The molecule has 1 aromatic heterocycles. The van der Waals surface area contributed by atoms with E-state index < -0.39 is 5.97 Å². The van der Waals surface area contributed by atoms with E-state index in [1.54, 1.807) is 4.68 Å². The second kappa shape index (κ2) is 4.46. The van der Waals surface area contributed by atoms with Crippen molar-refractivity contribution < 1.29 is 9.53 Å². The van der Waals surface area contributed by atoms with E-state index in [9.17, 15) is 4.79 Å². The highest BCUT2D eigenvalue weighted by molar-refractivity contribution is 6.33. The van der Waals surface area contributed by atoms with Gasteiger partial charge in [-0.1, -0.05) is 18.5 Å². The molecule has 5 heteroatoms. The molecule has 4 nitrogen and oxygen atoms in total. The summed E-state index contributed by atoms with van der Waals surface area (Å²) in [6.07, 6.45) is 2.34. The molecule has 0 aliphatic carbocycles. The number of carbonyl (C=O) groups excluding carboxylic acids is 1. The van der Waals surface area contributed by atoms with Crippen LogP contribution in [0.3, 0.4) is 0 Å². The molecule has 1 aromatic rings. The van der Waals surface area contributed by atoms with Crippen molar-refractivity contribution >= 4 is 17.6 Å². The second-order valence-corrected chi connectivity index (χ2v) is 3.44. The molecule has 78 valence electrons. The Morgan fingerprint density at radius 2 is 2.43 bits per heavy atom. The molecule has 0 amide bonds. The van der Waals surface area contributed by atoms with Crippen molar-refractivity contribution in [2.75, 3.05) is 7.11 Å². The van der Waals surface area contributed by atoms with Crippen LogP contribution in [-0.2, 0) is 4.74 Å². The number of carbonyl (C=O) groups is 1. The maximum atomic E-state index is 11.4. The fourth-order valence-electron chi connectivity index (χ4n) is 1.14. The lowest BCUT2D eigenvalue weighted by Gasteiger charge is -2.12. The Balaban J connectivity index is 3.12. The molecule has 1 atom stereocenters. The molecule has 0 aliphatic rings. The lowest BCUT2D eigenvalue weighted by Crippen LogP contribution is -2.15. The zero-order valence-electron chi connectivity index (χ0n) is 8.45. The van der Waals surface area contributed by atoms with E-state index in [-0.39, 0.29) is 6.04 Å². The standard InChI is InChI=1S/C9H13ClN2O2/c1-4-6(2)12-8(9(13)14-3)7(10)5-11-12/h5-6H,4H2,1-3H3/t6-/m1/s1. The van der Waals surface area contributed by atoms with E-state index in [0.717, 1.165) is 6.42 Å². The van der Waals surface area contributed by atoms with E-state index in [2.05, 4.69) is 9.84 Å². The number of halogens is 1. The molecular formula is C9H13ClN2O2. The maximum Gasteiger partial charge on any atom is 0.357 e. The van der Waals surface area contributed by atoms with E-state index in [1.165, 1.54) is 13.3 Å². The average Bonchev–Trinajstić information content (AvgIpc) is 2.58. The SMILES string of the molecule is CC[C@@H](C)n1ncc(Cl)c1C(=O)OC. The van der Waals surface area contributed by atoms with Crippen LogP contribution in [0.4, 0.5) is 0 Å². The molecule has 0 aliphatic heterocycles. The predicted octanol–water partition coefficient (Wildman–Crippen LogP) is 2.29. The first-order chi connectivity index (χ1) is 6.61. The zero-order chi connectivity index (χ0) is 10.7. The number of ether oxygens (including phenoxy) is 1. The first-order valence-electron chi connectivity index (χ1n) is 4.43. The fraction of sp³-hybridized carbons (Fsp3) is 0.556. The van der Waals surface area contributed by atoms with Gasteiger partial charge in [0.05, 0.1) is 18.3 Å². The van der Waals surface area contributed by atoms with Crippen molar-refractivity contribution in [2.45, 2.75) is 26.3 Å². The van der Waals surface area contributed by atoms with Gasteiger partial charge < -0.3 is 4.74 Å². The van der Waals surface area contributed by atoms with Crippen LogP contribution in [0.25, 0.3) is 0 Å². The van der Waals surface area contributed by atoms with Crippen LogP contribution in [0.15, 0.2) is 6.20 Å². The number of hydrogen-bond acceptors (Lipinski definition) is 3. The van der Waals surface area contributed by atoms with Gasteiger partial charge in [-0.05, 0) is 13.3 Å². The lowest BCUT2D eigenvalue weighted by molar-refractivity contribution is 0.0584. The molecule has 1 rings (SSSR count). The van der Waals surface area contributed by atoms with Crippen LogP contribution in [0, 0.1) is 0 Å². The molecule has 0 aromatic carbocycles. The number of hydrogen-bond donors (Lipinski definition) is 0. The van der Waals surface area contributed by atoms with Crippen molar-refractivity contribution in [1.82, 2.24) is 9.78 Å². The molecular weight excluding hydrogens is 204 g/mol. The van der Waals surface area contributed by atoms with E-state index >= 15 is 0 Å². The maximum absolute atomic E-state index is 11.4. The third kappa shape index (κ3) is 1.90. The number of esters is 1. The molecule has 0 N–H and O–H groups in total. The van der Waals surface area contributed by atoms with E-state index in [1.807, 2.05) is 13.8 Å². The van der Waals surface area contributed by atoms with Crippen LogP contribution in [-0.4, -0.2) is 22.9 Å². The van der Waals surface area contributed by atoms with E-state index in [4.69, 9.17) is 11.6 Å². The average molecular weight is 217 g/mol. The van der Waals surface area contributed by atoms with Crippen LogP contribution < -0.4 is 0 Å².